The Hall–Kier alpha value is -2.86. The predicted molar refractivity (Wildman–Crippen MR) is 132 cm³/mol. The second-order valence-electron chi connectivity index (χ2n) is 9.20. The van der Waals surface area contributed by atoms with Crippen LogP contribution in [0.3, 0.4) is 0 Å². The topological polar surface area (TPSA) is 59.0 Å². The van der Waals surface area contributed by atoms with E-state index in [1.54, 1.807) is 36.4 Å². The van der Waals surface area contributed by atoms with Crippen LogP contribution in [0.5, 0.6) is 11.5 Å². The van der Waals surface area contributed by atoms with Gasteiger partial charge in [0.25, 0.3) is 0 Å². The number of likely N-dealkylation sites (tertiary alicyclic amines) is 1. The standard InChI is InChI=1S/C28H28ClNO4/c29-23-8-11-26-22(16-23)17-28(34-26)12-14-30(15-13-28)18-24(31)19-33-25-9-6-21(7-10-25)27(32)20-4-2-1-3-5-20/h1-11,16,24,31H,12-15,17-19H2/t24-/m1/s1. The second-order valence-corrected chi connectivity index (χ2v) is 9.64. The first-order valence-electron chi connectivity index (χ1n) is 11.7. The number of hydrogen-bond donors (Lipinski definition) is 1. The Morgan fingerprint density at radius 2 is 1.74 bits per heavy atom. The van der Waals surface area contributed by atoms with Crippen LogP contribution in [0, 0.1) is 0 Å². The van der Waals surface area contributed by atoms with Crippen molar-refractivity contribution in [2.45, 2.75) is 31.0 Å². The van der Waals surface area contributed by atoms with Gasteiger partial charge in [-0.3, -0.25) is 4.79 Å². The quantitative estimate of drug-likeness (QED) is 0.496. The van der Waals surface area contributed by atoms with Gasteiger partial charge in [0.1, 0.15) is 29.8 Å². The van der Waals surface area contributed by atoms with Crippen molar-refractivity contribution in [1.29, 1.82) is 0 Å². The summed E-state index contributed by atoms with van der Waals surface area (Å²) < 4.78 is 12.1. The van der Waals surface area contributed by atoms with Gasteiger partial charge in [-0.15, -0.1) is 0 Å². The number of carbonyl (C=O) groups excluding carboxylic acids is 1. The molecule has 0 bridgehead atoms. The summed E-state index contributed by atoms with van der Waals surface area (Å²) in [5, 5.41) is 11.3. The molecule has 5 rings (SSSR count). The van der Waals surface area contributed by atoms with E-state index in [-0.39, 0.29) is 18.0 Å². The van der Waals surface area contributed by atoms with E-state index in [9.17, 15) is 9.90 Å². The summed E-state index contributed by atoms with van der Waals surface area (Å²) in [4.78, 5) is 14.8. The fourth-order valence-electron chi connectivity index (χ4n) is 4.83. The molecule has 2 aliphatic rings. The summed E-state index contributed by atoms with van der Waals surface area (Å²) >= 11 is 6.13. The number of aliphatic hydroxyl groups excluding tert-OH is 1. The number of hydrogen-bond acceptors (Lipinski definition) is 5. The third-order valence-corrected chi connectivity index (χ3v) is 6.93. The van der Waals surface area contributed by atoms with Crippen molar-refractivity contribution in [3.63, 3.8) is 0 Å². The number of ether oxygens (including phenoxy) is 2. The van der Waals surface area contributed by atoms with E-state index in [2.05, 4.69) is 4.90 Å². The van der Waals surface area contributed by atoms with Gasteiger partial charge in [-0.1, -0.05) is 41.9 Å². The van der Waals surface area contributed by atoms with Crippen molar-refractivity contribution < 1.29 is 19.4 Å². The average Bonchev–Trinajstić information content (AvgIpc) is 3.21. The van der Waals surface area contributed by atoms with E-state index in [4.69, 9.17) is 21.1 Å². The molecule has 2 aliphatic heterocycles. The van der Waals surface area contributed by atoms with E-state index >= 15 is 0 Å². The minimum absolute atomic E-state index is 0.0208. The first-order valence-corrected chi connectivity index (χ1v) is 12.1. The highest BCUT2D eigenvalue weighted by atomic mass is 35.5. The van der Waals surface area contributed by atoms with Gasteiger partial charge >= 0.3 is 0 Å². The number of rotatable bonds is 7. The molecule has 6 heteroatoms. The van der Waals surface area contributed by atoms with Gasteiger partial charge < -0.3 is 19.5 Å². The van der Waals surface area contributed by atoms with Gasteiger partial charge in [0, 0.05) is 55.0 Å². The average molecular weight is 478 g/mol. The van der Waals surface area contributed by atoms with Gasteiger partial charge in [0.2, 0.25) is 0 Å². The Kier molecular flexibility index (Phi) is 6.59. The number of ketones is 1. The summed E-state index contributed by atoms with van der Waals surface area (Å²) in [6, 6.07) is 22.1. The van der Waals surface area contributed by atoms with Gasteiger partial charge in [-0.25, -0.2) is 0 Å². The summed E-state index contributed by atoms with van der Waals surface area (Å²) in [7, 11) is 0. The summed E-state index contributed by atoms with van der Waals surface area (Å²) in [5.74, 6) is 1.56. The third-order valence-electron chi connectivity index (χ3n) is 6.69. The highest BCUT2D eigenvalue weighted by Crippen LogP contribution is 2.41. The van der Waals surface area contributed by atoms with Crippen LogP contribution in [0.4, 0.5) is 0 Å². The number of nitrogens with zero attached hydrogens (tertiary/aromatic N) is 1. The van der Waals surface area contributed by atoms with Crippen LogP contribution in [0.25, 0.3) is 0 Å². The van der Waals surface area contributed by atoms with Crippen LogP contribution in [0.1, 0.15) is 34.3 Å². The number of piperidine rings is 1. The molecule has 0 amide bonds. The van der Waals surface area contributed by atoms with Crippen molar-refractivity contribution >= 4 is 17.4 Å². The van der Waals surface area contributed by atoms with Crippen molar-refractivity contribution in [2.75, 3.05) is 26.2 Å². The van der Waals surface area contributed by atoms with E-state index in [0.717, 1.165) is 43.1 Å². The van der Waals surface area contributed by atoms with Crippen LogP contribution in [-0.4, -0.2) is 53.7 Å². The smallest absolute Gasteiger partial charge is 0.193 e. The van der Waals surface area contributed by atoms with E-state index < -0.39 is 6.10 Å². The van der Waals surface area contributed by atoms with E-state index in [0.29, 0.717) is 23.4 Å². The van der Waals surface area contributed by atoms with Crippen LogP contribution in [0.2, 0.25) is 5.02 Å². The second kappa shape index (κ2) is 9.79. The lowest BCUT2D eigenvalue weighted by molar-refractivity contribution is -0.00195. The molecular formula is C28H28ClNO4. The molecule has 34 heavy (non-hydrogen) atoms. The molecule has 0 aromatic heterocycles. The number of β-amino-alcohol motifs (C(OH)–C–C–N with tert-alkyl or cyclic N) is 1. The van der Waals surface area contributed by atoms with Gasteiger partial charge in [-0.05, 0) is 48.0 Å². The molecule has 1 saturated heterocycles. The van der Waals surface area contributed by atoms with E-state index in [1.165, 1.54) is 5.56 Å². The molecule has 1 atom stereocenters. The van der Waals surface area contributed by atoms with Crippen LogP contribution >= 0.6 is 11.6 Å². The molecule has 5 nitrogen and oxygen atoms in total. The summed E-state index contributed by atoms with van der Waals surface area (Å²) in [5.41, 5.74) is 2.31. The molecule has 0 radical (unpaired) electrons. The maximum atomic E-state index is 12.5. The van der Waals surface area contributed by atoms with Crippen LogP contribution in [0.15, 0.2) is 72.8 Å². The maximum Gasteiger partial charge on any atom is 0.193 e. The third kappa shape index (κ3) is 5.12. The number of halogens is 1. The first-order chi connectivity index (χ1) is 16.5. The molecule has 1 fully saturated rings. The fourth-order valence-corrected chi connectivity index (χ4v) is 5.02. The van der Waals surface area contributed by atoms with Gasteiger partial charge in [0.15, 0.2) is 5.78 Å². The highest BCUT2D eigenvalue weighted by Gasteiger charge is 2.42. The zero-order valence-corrected chi connectivity index (χ0v) is 19.7. The van der Waals surface area contributed by atoms with Gasteiger partial charge in [-0.2, -0.15) is 0 Å². The summed E-state index contributed by atoms with van der Waals surface area (Å²) in [6.07, 6.45) is 2.14. The van der Waals surface area contributed by atoms with Crippen molar-refractivity contribution in [2.24, 2.45) is 0 Å². The Balaban J connectivity index is 1.07. The van der Waals surface area contributed by atoms with Crippen molar-refractivity contribution in [3.8, 4) is 11.5 Å². The number of benzene rings is 3. The molecule has 176 valence electrons. The van der Waals surface area contributed by atoms with Crippen molar-refractivity contribution in [3.05, 3.63) is 94.5 Å². The predicted octanol–water partition coefficient (Wildman–Crippen LogP) is 4.78. The first kappa shape index (κ1) is 22.9. The molecule has 3 aromatic rings. The van der Waals surface area contributed by atoms with Gasteiger partial charge in [0.05, 0.1) is 0 Å². The van der Waals surface area contributed by atoms with Crippen molar-refractivity contribution in [1.82, 2.24) is 4.90 Å². The lowest BCUT2D eigenvalue weighted by Crippen LogP contribution is -2.49. The SMILES string of the molecule is O=C(c1ccccc1)c1ccc(OC[C@H](O)CN2CCC3(CC2)Cc2cc(Cl)ccc2O3)cc1. The Morgan fingerprint density at radius 1 is 1.03 bits per heavy atom. The molecule has 0 unspecified atom stereocenters. The maximum absolute atomic E-state index is 12.5. The zero-order chi connectivity index (χ0) is 23.5. The Morgan fingerprint density at radius 3 is 2.47 bits per heavy atom. The van der Waals surface area contributed by atoms with Crippen LogP contribution < -0.4 is 9.47 Å². The number of aliphatic hydroxyl groups is 1. The number of fused-ring (bicyclic) bond motifs is 1. The lowest BCUT2D eigenvalue weighted by Gasteiger charge is -2.39. The molecule has 0 saturated carbocycles. The monoisotopic (exact) mass is 477 g/mol. The normalized spacial score (nSPS) is 17.7. The molecule has 0 aliphatic carbocycles. The minimum atomic E-state index is -0.597. The molecule has 1 N–H and O–H groups in total. The Bertz CT molecular complexity index is 1140. The van der Waals surface area contributed by atoms with Crippen LogP contribution in [-0.2, 0) is 6.42 Å². The number of carbonyl (C=O) groups is 1. The highest BCUT2D eigenvalue weighted by molar-refractivity contribution is 6.30. The fraction of sp³-hybridized carbons (Fsp3) is 0.321. The lowest BCUT2D eigenvalue weighted by atomic mass is 9.87. The Labute approximate surface area is 204 Å². The zero-order valence-electron chi connectivity index (χ0n) is 19.0. The van der Waals surface area contributed by atoms with E-state index in [1.807, 2.05) is 36.4 Å². The molecular weight excluding hydrogens is 450 g/mol. The minimum Gasteiger partial charge on any atom is -0.491 e. The summed E-state index contributed by atoms with van der Waals surface area (Å²) in [6.45, 7) is 2.50. The molecule has 2 heterocycles. The largest absolute Gasteiger partial charge is 0.491 e. The molecule has 3 aromatic carbocycles. The molecule has 1 spiro atoms.